The Hall–Kier alpha value is -1.85. The lowest BCUT2D eigenvalue weighted by Gasteiger charge is -2.38. The molecule has 0 aromatic carbocycles. The van der Waals surface area contributed by atoms with Crippen LogP contribution in [0.2, 0.25) is 0 Å². The van der Waals surface area contributed by atoms with Crippen LogP contribution in [0.5, 0.6) is 0 Å². The number of likely N-dealkylation sites (tertiary alicyclic amines) is 1. The predicted octanol–water partition coefficient (Wildman–Crippen LogP) is 5.20. The Kier molecular flexibility index (Phi) is 5.17. The molecule has 2 aromatic rings. The summed E-state index contributed by atoms with van der Waals surface area (Å²) in [6.45, 7) is 8.64. The molecule has 0 amide bonds. The van der Waals surface area contributed by atoms with Gasteiger partial charge < -0.3 is 4.74 Å². The van der Waals surface area contributed by atoms with Crippen molar-refractivity contribution in [3.8, 4) is 0 Å². The van der Waals surface area contributed by atoms with Crippen LogP contribution in [-0.2, 0) is 16.7 Å². The number of pyridine rings is 2. The zero-order chi connectivity index (χ0) is 21.7. The van der Waals surface area contributed by atoms with Gasteiger partial charge in [0.25, 0.3) is 0 Å². The molecule has 5 heteroatoms. The van der Waals surface area contributed by atoms with Crippen LogP contribution in [0.25, 0.3) is 0 Å². The van der Waals surface area contributed by atoms with Crippen molar-refractivity contribution in [2.75, 3.05) is 13.1 Å². The Labute approximate surface area is 185 Å². The van der Waals surface area contributed by atoms with Gasteiger partial charge in [-0.3, -0.25) is 14.9 Å². The third-order valence-electron chi connectivity index (χ3n) is 7.98. The smallest absolute Gasteiger partial charge is 0.141 e. The van der Waals surface area contributed by atoms with E-state index in [0.717, 1.165) is 56.6 Å². The van der Waals surface area contributed by atoms with E-state index in [9.17, 15) is 4.39 Å². The van der Waals surface area contributed by atoms with Crippen molar-refractivity contribution in [1.29, 1.82) is 0 Å². The minimum atomic E-state index is -0.270. The lowest BCUT2D eigenvalue weighted by Crippen LogP contribution is -2.42. The summed E-state index contributed by atoms with van der Waals surface area (Å²) in [4.78, 5) is 11.6. The lowest BCUT2D eigenvalue weighted by molar-refractivity contribution is -0.0778. The first kappa shape index (κ1) is 21.0. The third-order valence-corrected chi connectivity index (χ3v) is 7.98. The van der Waals surface area contributed by atoms with Gasteiger partial charge in [-0.2, -0.15) is 0 Å². The number of rotatable bonds is 6. The van der Waals surface area contributed by atoms with Gasteiger partial charge in [0.15, 0.2) is 0 Å². The highest BCUT2D eigenvalue weighted by Gasteiger charge is 2.57. The normalized spacial score (nSPS) is 29.4. The molecule has 0 spiro atoms. The fraction of sp³-hybridized carbons (Fsp3) is 0.615. The van der Waals surface area contributed by atoms with Gasteiger partial charge in [-0.05, 0) is 96.0 Å². The summed E-state index contributed by atoms with van der Waals surface area (Å²) >= 11 is 0. The molecule has 1 saturated carbocycles. The Morgan fingerprint density at radius 3 is 2.52 bits per heavy atom. The SMILES string of the molecule is Cc1ccc(C2(N3CC[C@](CCc4ccc(F)cn4)([C@H]4CCC(C)(C)O4)C3)CC2)cn1. The van der Waals surface area contributed by atoms with Gasteiger partial charge >= 0.3 is 0 Å². The van der Waals surface area contributed by atoms with E-state index in [2.05, 4.69) is 47.0 Å². The van der Waals surface area contributed by atoms with Crippen molar-refractivity contribution in [2.24, 2.45) is 5.41 Å². The van der Waals surface area contributed by atoms with Crippen molar-refractivity contribution < 1.29 is 9.13 Å². The summed E-state index contributed by atoms with van der Waals surface area (Å²) in [5.74, 6) is -0.270. The maximum absolute atomic E-state index is 13.3. The highest BCUT2D eigenvalue weighted by Crippen LogP contribution is 2.56. The van der Waals surface area contributed by atoms with E-state index in [1.54, 1.807) is 0 Å². The Balaban J connectivity index is 1.38. The van der Waals surface area contributed by atoms with E-state index in [1.165, 1.54) is 30.7 Å². The molecule has 2 aliphatic heterocycles. The van der Waals surface area contributed by atoms with Crippen LogP contribution in [0.1, 0.15) is 69.3 Å². The molecule has 2 saturated heterocycles. The minimum Gasteiger partial charge on any atom is -0.372 e. The van der Waals surface area contributed by atoms with Gasteiger partial charge in [0.2, 0.25) is 0 Å². The molecule has 0 radical (unpaired) electrons. The summed E-state index contributed by atoms with van der Waals surface area (Å²) in [6, 6.07) is 7.76. The largest absolute Gasteiger partial charge is 0.372 e. The minimum absolute atomic E-state index is 0.0443. The molecule has 4 nitrogen and oxygen atoms in total. The quantitative estimate of drug-likeness (QED) is 0.640. The zero-order valence-corrected chi connectivity index (χ0v) is 19.0. The number of halogens is 1. The van der Waals surface area contributed by atoms with E-state index in [1.807, 2.05) is 13.0 Å². The summed E-state index contributed by atoms with van der Waals surface area (Å²) in [7, 11) is 0. The fourth-order valence-corrected chi connectivity index (χ4v) is 5.88. The fourth-order valence-electron chi connectivity index (χ4n) is 5.88. The molecule has 5 rings (SSSR count). The molecular formula is C26H34FN3O. The maximum atomic E-state index is 13.3. The van der Waals surface area contributed by atoms with Crippen LogP contribution in [0.4, 0.5) is 4.39 Å². The number of hydrogen-bond acceptors (Lipinski definition) is 4. The van der Waals surface area contributed by atoms with E-state index in [4.69, 9.17) is 4.74 Å². The van der Waals surface area contributed by atoms with E-state index in [0.29, 0.717) is 0 Å². The molecule has 1 aliphatic carbocycles. The first-order chi connectivity index (χ1) is 14.8. The highest BCUT2D eigenvalue weighted by molar-refractivity contribution is 5.30. The van der Waals surface area contributed by atoms with Gasteiger partial charge in [-0.1, -0.05) is 6.07 Å². The maximum Gasteiger partial charge on any atom is 0.141 e. The second kappa shape index (κ2) is 7.63. The van der Waals surface area contributed by atoms with Gasteiger partial charge in [0.05, 0.1) is 17.9 Å². The van der Waals surface area contributed by atoms with Crippen LogP contribution in [0, 0.1) is 18.2 Å². The zero-order valence-electron chi connectivity index (χ0n) is 19.0. The highest BCUT2D eigenvalue weighted by atomic mass is 19.1. The van der Waals surface area contributed by atoms with Gasteiger partial charge in [0.1, 0.15) is 5.82 Å². The molecule has 31 heavy (non-hydrogen) atoms. The summed E-state index contributed by atoms with van der Waals surface area (Å²) in [5.41, 5.74) is 3.64. The molecule has 0 N–H and O–H groups in total. The first-order valence-corrected chi connectivity index (χ1v) is 11.8. The average Bonchev–Trinajstić information content (AvgIpc) is 3.30. The molecule has 0 bridgehead atoms. The second-order valence-electron chi connectivity index (χ2n) is 10.6. The molecule has 166 valence electrons. The molecule has 2 aromatic heterocycles. The summed E-state index contributed by atoms with van der Waals surface area (Å²) < 4.78 is 19.9. The van der Waals surface area contributed by atoms with E-state index in [-0.39, 0.29) is 28.5 Å². The number of hydrogen-bond donors (Lipinski definition) is 0. The van der Waals surface area contributed by atoms with Crippen LogP contribution < -0.4 is 0 Å². The number of aryl methyl sites for hydroxylation is 2. The number of ether oxygens (including phenoxy) is 1. The summed E-state index contributed by atoms with van der Waals surface area (Å²) in [5, 5.41) is 0. The first-order valence-electron chi connectivity index (χ1n) is 11.8. The van der Waals surface area contributed by atoms with Crippen LogP contribution >= 0.6 is 0 Å². The van der Waals surface area contributed by atoms with Crippen LogP contribution in [0.15, 0.2) is 36.7 Å². The van der Waals surface area contributed by atoms with Crippen molar-refractivity contribution in [3.05, 3.63) is 59.4 Å². The second-order valence-corrected chi connectivity index (χ2v) is 10.6. The average molecular weight is 424 g/mol. The Bertz CT molecular complexity index is 923. The van der Waals surface area contributed by atoms with Crippen LogP contribution in [-0.4, -0.2) is 39.7 Å². The standard InChI is InChI=1S/C26H34FN3O/c1-19-4-5-20(16-28-19)26(12-13-26)30-15-14-25(18-30,23-9-10-24(2,3)31-23)11-8-22-7-6-21(27)17-29-22/h4-7,16-17,23H,8-15,18H2,1-3H3/t23-,25+/m1/s1. The monoisotopic (exact) mass is 423 g/mol. The van der Waals surface area contributed by atoms with Crippen molar-refractivity contribution >= 4 is 0 Å². The number of nitrogens with zero attached hydrogens (tertiary/aromatic N) is 3. The Morgan fingerprint density at radius 2 is 1.90 bits per heavy atom. The van der Waals surface area contributed by atoms with E-state index >= 15 is 0 Å². The molecule has 3 aliphatic rings. The third kappa shape index (κ3) is 4.03. The van der Waals surface area contributed by atoms with Gasteiger partial charge in [0, 0.05) is 35.1 Å². The molecule has 2 atom stereocenters. The number of aromatic nitrogens is 2. The molecule has 3 fully saturated rings. The lowest BCUT2D eigenvalue weighted by atomic mass is 9.75. The molecule has 0 unspecified atom stereocenters. The van der Waals surface area contributed by atoms with Crippen molar-refractivity contribution in [2.45, 2.75) is 83.0 Å². The molecular weight excluding hydrogens is 389 g/mol. The Morgan fingerprint density at radius 1 is 1.06 bits per heavy atom. The molecule has 4 heterocycles. The van der Waals surface area contributed by atoms with Crippen LogP contribution in [0.3, 0.4) is 0 Å². The van der Waals surface area contributed by atoms with Gasteiger partial charge in [-0.15, -0.1) is 0 Å². The predicted molar refractivity (Wildman–Crippen MR) is 119 cm³/mol. The van der Waals surface area contributed by atoms with Gasteiger partial charge in [-0.25, -0.2) is 4.39 Å². The van der Waals surface area contributed by atoms with Crippen molar-refractivity contribution in [1.82, 2.24) is 14.9 Å². The topological polar surface area (TPSA) is 38.2 Å². The summed E-state index contributed by atoms with van der Waals surface area (Å²) in [6.07, 6.45) is 11.4. The van der Waals surface area contributed by atoms with Crippen molar-refractivity contribution in [3.63, 3.8) is 0 Å². The van der Waals surface area contributed by atoms with E-state index < -0.39 is 0 Å².